The number of carbonyl (C=O) groups is 1. The standard InChI is InChI=1S/C47H89NO13/c1-3-5-7-9-11-13-15-16-17-18-19-21-22-24-26-28-30-36(51)35(48-39(52)31-29-27-25-23-20-14-12-10-8-6-4-2)34-58-46-44(57)42(55)45(38(33-50)60-46)61-47-43(56)41(54)40(53)37(32-49)59-47/h28,30,35-38,40-47,49-51,53-57H,3-27,29,31-34H2,1-2H3,(H,48,52)/b30-28+. The molecule has 12 unspecified atom stereocenters. The molecule has 0 spiro atoms. The van der Waals surface area contributed by atoms with Crippen LogP contribution < -0.4 is 5.32 Å². The van der Waals surface area contributed by atoms with E-state index in [1.807, 2.05) is 6.08 Å². The van der Waals surface area contributed by atoms with Crippen LogP contribution in [0.1, 0.15) is 187 Å². The highest BCUT2D eigenvalue weighted by molar-refractivity contribution is 5.76. The number of allylic oxidation sites excluding steroid dienone is 1. The molecule has 0 aliphatic carbocycles. The van der Waals surface area contributed by atoms with Crippen molar-refractivity contribution < 1.29 is 64.6 Å². The first kappa shape index (κ1) is 55.9. The summed E-state index contributed by atoms with van der Waals surface area (Å²) in [6.07, 6.45) is 18.2. The van der Waals surface area contributed by atoms with Gasteiger partial charge in [-0.3, -0.25) is 4.79 Å². The fourth-order valence-electron chi connectivity index (χ4n) is 8.17. The van der Waals surface area contributed by atoms with E-state index in [4.69, 9.17) is 18.9 Å². The van der Waals surface area contributed by atoms with Crippen molar-refractivity contribution in [3.8, 4) is 0 Å². The predicted octanol–water partition coefficient (Wildman–Crippen LogP) is 5.60. The smallest absolute Gasteiger partial charge is 0.220 e. The maximum Gasteiger partial charge on any atom is 0.220 e. The van der Waals surface area contributed by atoms with Gasteiger partial charge in [-0.05, 0) is 19.3 Å². The van der Waals surface area contributed by atoms with Gasteiger partial charge >= 0.3 is 0 Å². The van der Waals surface area contributed by atoms with Crippen LogP contribution >= 0.6 is 0 Å². The molecule has 1 amide bonds. The largest absolute Gasteiger partial charge is 0.394 e. The number of ether oxygens (including phenoxy) is 4. The Balaban J connectivity index is 1.87. The number of nitrogens with one attached hydrogen (secondary N) is 1. The molecule has 2 rings (SSSR count). The van der Waals surface area contributed by atoms with Gasteiger partial charge < -0.3 is 65.1 Å². The molecule has 360 valence electrons. The summed E-state index contributed by atoms with van der Waals surface area (Å²) in [7, 11) is 0. The van der Waals surface area contributed by atoms with Crippen LogP contribution in [0, 0.1) is 0 Å². The number of carbonyl (C=O) groups excluding carboxylic acids is 1. The van der Waals surface area contributed by atoms with Crippen LogP contribution in [-0.4, -0.2) is 140 Å². The van der Waals surface area contributed by atoms with E-state index in [9.17, 15) is 45.6 Å². The second kappa shape index (κ2) is 35.0. The highest BCUT2D eigenvalue weighted by atomic mass is 16.7. The van der Waals surface area contributed by atoms with Crippen LogP contribution in [0.2, 0.25) is 0 Å². The molecule has 2 heterocycles. The van der Waals surface area contributed by atoms with Gasteiger partial charge in [-0.15, -0.1) is 0 Å². The van der Waals surface area contributed by atoms with Crippen molar-refractivity contribution >= 4 is 5.91 Å². The summed E-state index contributed by atoms with van der Waals surface area (Å²) in [4.78, 5) is 13.1. The van der Waals surface area contributed by atoms with Crippen LogP contribution in [0.25, 0.3) is 0 Å². The quantitative estimate of drug-likeness (QED) is 0.0274. The first-order chi connectivity index (χ1) is 29.6. The normalized spacial score (nSPS) is 28.0. The Morgan fingerprint density at radius 1 is 0.574 bits per heavy atom. The lowest BCUT2D eigenvalue weighted by molar-refractivity contribution is -0.359. The van der Waals surface area contributed by atoms with Crippen molar-refractivity contribution in [1.29, 1.82) is 0 Å². The Morgan fingerprint density at radius 3 is 1.51 bits per heavy atom. The van der Waals surface area contributed by atoms with Crippen molar-refractivity contribution in [2.75, 3.05) is 19.8 Å². The van der Waals surface area contributed by atoms with E-state index in [1.54, 1.807) is 6.08 Å². The third-order valence-electron chi connectivity index (χ3n) is 12.2. The van der Waals surface area contributed by atoms with Crippen LogP contribution in [0.5, 0.6) is 0 Å². The molecule has 0 bridgehead atoms. The molecule has 12 atom stereocenters. The maximum atomic E-state index is 13.1. The molecule has 2 saturated heterocycles. The molecule has 0 aromatic rings. The van der Waals surface area contributed by atoms with Crippen LogP contribution in [0.15, 0.2) is 12.2 Å². The number of hydrogen-bond acceptors (Lipinski definition) is 13. The van der Waals surface area contributed by atoms with E-state index < -0.39 is 86.8 Å². The van der Waals surface area contributed by atoms with Gasteiger partial charge in [0, 0.05) is 6.42 Å². The molecule has 61 heavy (non-hydrogen) atoms. The first-order valence-electron chi connectivity index (χ1n) is 24.4. The predicted molar refractivity (Wildman–Crippen MR) is 235 cm³/mol. The minimum atomic E-state index is -1.78. The number of unbranched alkanes of at least 4 members (excludes halogenated alkanes) is 24. The molecular weight excluding hydrogens is 787 g/mol. The lowest BCUT2D eigenvalue weighted by atomic mass is 9.97. The lowest BCUT2D eigenvalue weighted by Gasteiger charge is -2.46. The first-order valence-corrected chi connectivity index (χ1v) is 24.4. The molecule has 14 heteroatoms. The zero-order valence-electron chi connectivity index (χ0n) is 37.9. The molecule has 2 fully saturated rings. The minimum Gasteiger partial charge on any atom is -0.394 e. The van der Waals surface area contributed by atoms with Crippen LogP contribution in [-0.2, 0) is 23.7 Å². The number of amides is 1. The summed E-state index contributed by atoms with van der Waals surface area (Å²) in [5.41, 5.74) is 0. The van der Waals surface area contributed by atoms with Gasteiger partial charge in [0.2, 0.25) is 5.91 Å². The zero-order chi connectivity index (χ0) is 44.7. The molecule has 2 aliphatic rings. The Hall–Kier alpha value is -1.27. The Kier molecular flexibility index (Phi) is 32.1. The highest BCUT2D eigenvalue weighted by Gasteiger charge is 2.51. The second-order valence-electron chi connectivity index (χ2n) is 17.6. The number of rotatable bonds is 37. The third kappa shape index (κ3) is 23.0. The average Bonchev–Trinajstić information content (AvgIpc) is 3.26. The molecule has 0 aromatic carbocycles. The van der Waals surface area contributed by atoms with Gasteiger partial charge in [0.25, 0.3) is 0 Å². The fourth-order valence-corrected chi connectivity index (χ4v) is 8.17. The molecular formula is C47H89NO13. The van der Waals surface area contributed by atoms with E-state index in [2.05, 4.69) is 19.2 Å². The number of hydrogen-bond donors (Lipinski definition) is 9. The Morgan fingerprint density at radius 2 is 1.02 bits per heavy atom. The fraction of sp³-hybridized carbons (Fsp3) is 0.936. The summed E-state index contributed by atoms with van der Waals surface area (Å²) in [5, 5.41) is 86.6. The molecule has 0 saturated carbocycles. The van der Waals surface area contributed by atoms with Gasteiger partial charge in [0.15, 0.2) is 12.6 Å². The van der Waals surface area contributed by atoms with Crippen molar-refractivity contribution in [3.05, 3.63) is 12.2 Å². The van der Waals surface area contributed by atoms with Gasteiger partial charge in [0.05, 0.1) is 32.0 Å². The number of aliphatic hydroxyl groups is 8. The Labute approximate surface area is 367 Å². The van der Waals surface area contributed by atoms with E-state index in [0.29, 0.717) is 6.42 Å². The summed E-state index contributed by atoms with van der Waals surface area (Å²) in [6.45, 7) is 2.77. The summed E-state index contributed by atoms with van der Waals surface area (Å²) in [6, 6.07) is -0.906. The second-order valence-corrected chi connectivity index (χ2v) is 17.6. The van der Waals surface area contributed by atoms with Gasteiger partial charge in [-0.25, -0.2) is 0 Å². The summed E-state index contributed by atoms with van der Waals surface area (Å²) in [5.74, 6) is -0.240. The molecule has 9 N–H and O–H groups in total. The highest BCUT2D eigenvalue weighted by Crippen LogP contribution is 2.30. The van der Waals surface area contributed by atoms with Crippen molar-refractivity contribution in [2.45, 2.75) is 261 Å². The average molecular weight is 876 g/mol. The summed E-state index contributed by atoms with van der Waals surface area (Å²) >= 11 is 0. The van der Waals surface area contributed by atoms with Crippen molar-refractivity contribution in [2.24, 2.45) is 0 Å². The minimum absolute atomic E-state index is 0.240. The zero-order valence-corrected chi connectivity index (χ0v) is 37.9. The van der Waals surface area contributed by atoms with E-state index in [0.717, 1.165) is 38.5 Å². The number of aliphatic hydroxyl groups excluding tert-OH is 8. The summed E-state index contributed by atoms with van der Waals surface area (Å²) < 4.78 is 22.6. The van der Waals surface area contributed by atoms with Crippen LogP contribution in [0.4, 0.5) is 0 Å². The van der Waals surface area contributed by atoms with Crippen molar-refractivity contribution in [1.82, 2.24) is 5.32 Å². The Bertz CT molecular complexity index is 1080. The van der Waals surface area contributed by atoms with Gasteiger partial charge in [0.1, 0.15) is 48.8 Å². The third-order valence-corrected chi connectivity index (χ3v) is 12.2. The lowest BCUT2D eigenvalue weighted by Crippen LogP contribution is -2.65. The maximum absolute atomic E-state index is 13.1. The molecule has 2 aliphatic heterocycles. The van der Waals surface area contributed by atoms with Gasteiger partial charge in [-0.1, -0.05) is 174 Å². The monoisotopic (exact) mass is 876 g/mol. The van der Waals surface area contributed by atoms with E-state index in [1.165, 1.54) is 122 Å². The molecule has 0 radical (unpaired) electrons. The van der Waals surface area contributed by atoms with E-state index >= 15 is 0 Å². The van der Waals surface area contributed by atoms with Gasteiger partial charge in [-0.2, -0.15) is 0 Å². The topological polar surface area (TPSA) is 228 Å². The van der Waals surface area contributed by atoms with Crippen LogP contribution in [0.3, 0.4) is 0 Å². The van der Waals surface area contributed by atoms with Crippen molar-refractivity contribution in [3.63, 3.8) is 0 Å². The molecule has 0 aromatic heterocycles. The SMILES string of the molecule is CCCCCCCCCCCCCCCC/C=C/C(O)C(COC1OC(CO)C(OC2OC(CO)C(O)C(O)C2O)C(O)C1O)NC(=O)CCCCCCCCCCCCC. The molecule has 14 nitrogen and oxygen atoms in total. The van der Waals surface area contributed by atoms with E-state index in [-0.39, 0.29) is 18.9 Å².